The monoisotopic (exact) mass is 193 g/mol. The molecule has 0 aromatic carbocycles. The number of aromatic nitrogens is 2. The third kappa shape index (κ3) is 2.15. The van der Waals surface area contributed by atoms with Gasteiger partial charge < -0.3 is 5.32 Å². The van der Waals surface area contributed by atoms with Crippen molar-refractivity contribution in [3.8, 4) is 0 Å². The summed E-state index contributed by atoms with van der Waals surface area (Å²) in [6, 6.07) is 0.679. The minimum atomic E-state index is 0.679. The second-order valence-corrected chi connectivity index (χ2v) is 4.12. The van der Waals surface area contributed by atoms with E-state index in [1.54, 1.807) is 0 Å². The van der Waals surface area contributed by atoms with E-state index in [2.05, 4.69) is 21.3 Å². The van der Waals surface area contributed by atoms with Gasteiger partial charge in [0.05, 0.1) is 12.2 Å². The second kappa shape index (κ2) is 4.60. The summed E-state index contributed by atoms with van der Waals surface area (Å²) < 4.78 is 2.16. The molecule has 0 radical (unpaired) electrons. The number of hydrogen-bond acceptors (Lipinski definition) is 2. The molecule has 1 aliphatic rings. The fraction of sp³-hybridized carbons (Fsp3) is 0.727. The average Bonchev–Trinajstić information content (AvgIpc) is 2.85. The molecule has 78 valence electrons. The van der Waals surface area contributed by atoms with Crippen LogP contribution in [0.1, 0.15) is 37.3 Å². The molecule has 0 bridgehead atoms. The van der Waals surface area contributed by atoms with E-state index >= 15 is 0 Å². The number of rotatable bonds is 4. The van der Waals surface area contributed by atoms with Crippen molar-refractivity contribution < 1.29 is 0 Å². The van der Waals surface area contributed by atoms with Crippen molar-refractivity contribution in [2.45, 2.75) is 38.1 Å². The lowest BCUT2D eigenvalue weighted by Crippen LogP contribution is -2.10. The minimum Gasteiger partial charge on any atom is -0.319 e. The third-order valence-electron chi connectivity index (χ3n) is 3.02. The molecule has 0 spiro atoms. The fourth-order valence-corrected chi connectivity index (χ4v) is 2.14. The van der Waals surface area contributed by atoms with Crippen molar-refractivity contribution in [1.29, 1.82) is 0 Å². The summed E-state index contributed by atoms with van der Waals surface area (Å²) in [6.45, 7) is 1.04. The van der Waals surface area contributed by atoms with Gasteiger partial charge in [0.25, 0.3) is 0 Å². The first-order valence-electron chi connectivity index (χ1n) is 5.58. The lowest BCUT2D eigenvalue weighted by atomic mass is 10.2. The van der Waals surface area contributed by atoms with Gasteiger partial charge in [-0.05, 0) is 38.4 Å². The molecule has 0 aliphatic heterocycles. The quantitative estimate of drug-likeness (QED) is 0.789. The van der Waals surface area contributed by atoms with Crippen LogP contribution < -0.4 is 5.32 Å². The van der Waals surface area contributed by atoms with Crippen LogP contribution in [0.3, 0.4) is 0 Å². The molecule has 0 amide bonds. The van der Waals surface area contributed by atoms with Gasteiger partial charge in [-0.2, -0.15) is 5.10 Å². The van der Waals surface area contributed by atoms with Crippen molar-refractivity contribution in [2.24, 2.45) is 0 Å². The number of nitrogens with zero attached hydrogens (tertiary/aromatic N) is 2. The molecule has 1 saturated carbocycles. The van der Waals surface area contributed by atoms with E-state index in [0.29, 0.717) is 6.04 Å². The smallest absolute Gasteiger partial charge is 0.0522 e. The number of likely N-dealkylation sites (N-methyl/N-ethyl adjacent to an activating group) is 1. The van der Waals surface area contributed by atoms with E-state index in [9.17, 15) is 0 Å². The Kier molecular flexibility index (Phi) is 3.19. The van der Waals surface area contributed by atoms with Crippen LogP contribution in [-0.4, -0.2) is 23.4 Å². The predicted molar refractivity (Wildman–Crippen MR) is 57.4 cm³/mol. The van der Waals surface area contributed by atoms with E-state index < -0.39 is 0 Å². The Morgan fingerprint density at radius 1 is 1.50 bits per heavy atom. The van der Waals surface area contributed by atoms with Gasteiger partial charge in [-0.3, -0.25) is 4.68 Å². The van der Waals surface area contributed by atoms with Crippen LogP contribution in [0.25, 0.3) is 0 Å². The highest BCUT2D eigenvalue weighted by atomic mass is 15.3. The van der Waals surface area contributed by atoms with Crippen LogP contribution >= 0.6 is 0 Å². The van der Waals surface area contributed by atoms with E-state index in [0.717, 1.165) is 13.0 Å². The molecule has 1 N–H and O–H groups in total. The van der Waals surface area contributed by atoms with Gasteiger partial charge in [-0.1, -0.05) is 12.8 Å². The van der Waals surface area contributed by atoms with E-state index in [4.69, 9.17) is 0 Å². The van der Waals surface area contributed by atoms with Gasteiger partial charge in [-0.25, -0.2) is 0 Å². The first-order chi connectivity index (χ1) is 6.90. The minimum absolute atomic E-state index is 0.679. The predicted octanol–water partition coefficient (Wildman–Crippen LogP) is 1.76. The lowest BCUT2D eigenvalue weighted by molar-refractivity contribution is 0.466. The van der Waals surface area contributed by atoms with Crippen molar-refractivity contribution in [2.75, 3.05) is 13.6 Å². The molecule has 1 aromatic rings. The Hall–Kier alpha value is -0.830. The highest BCUT2D eigenvalue weighted by Crippen LogP contribution is 2.28. The molecule has 1 aliphatic carbocycles. The Morgan fingerprint density at radius 2 is 2.29 bits per heavy atom. The van der Waals surface area contributed by atoms with E-state index in [1.165, 1.54) is 31.2 Å². The molecule has 1 aromatic heterocycles. The van der Waals surface area contributed by atoms with Crippen molar-refractivity contribution in [3.05, 3.63) is 18.0 Å². The zero-order valence-electron chi connectivity index (χ0n) is 8.87. The van der Waals surface area contributed by atoms with E-state index in [1.807, 2.05) is 13.2 Å². The average molecular weight is 193 g/mol. The largest absolute Gasteiger partial charge is 0.319 e. The van der Waals surface area contributed by atoms with Gasteiger partial charge in [0.15, 0.2) is 0 Å². The van der Waals surface area contributed by atoms with Gasteiger partial charge in [0.2, 0.25) is 0 Å². The van der Waals surface area contributed by atoms with Gasteiger partial charge in [0.1, 0.15) is 0 Å². The summed E-state index contributed by atoms with van der Waals surface area (Å²) in [7, 11) is 1.99. The lowest BCUT2D eigenvalue weighted by Gasteiger charge is -2.08. The van der Waals surface area contributed by atoms with Gasteiger partial charge in [0, 0.05) is 6.20 Å². The van der Waals surface area contributed by atoms with Gasteiger partial charge >= 0.3 is 0 Å². The molecular weight excluding hydrogens is 174 g/mol. The van der Waals surface area contributed by atoms with Crippen LogP contribution in [0.5, 0.6) is 0 Å². The third-order valence-corrected chi connectivity index (χ3v) is 3.02. The second-order valence-electron chi connectivity index (χ2n) is 4.12. The van der Waals surface area contributed by atoms with Crippen molar-refractivity contribution in [3.63, 3.8) is 0 Å². The maximum Gasteiger partial charge on any atom is 0.0522 e. The molecule has 14 heavy (non-hydrogen) atoms. The highest BCUT2D eigenvalue weighted by molar-refractivity contribution is 5.05. The Balaban J connectivity index is 1.94. The first-order valence-corrected chi connectivity index (χ1v) is 5.58. The van der Waals surface area contributed by atoms with Gasteiger partial charge in [-0.15, -0.1) is 0 Å². The van der Waals surface area contributed by atoms with Crippen LogP contribution in [0.4, 0.5) is 0 Å². The molecule has 0 saturated heterocycles. The summed E-state index contributed by atoms with van der Waals surface area (Å²) in [5, 5.41) is 7.60. The SMILES string of the molecule is CNCCc1cnn(C2CCCC2)c1. The highest BCUT2D eigenvalue weighted by Gasteiger charge is 2.17. The van der Waals surface area contributed by atoms with Crippen LogP contribution in [0, 0.1) is 0 Å². The summed E-state index contributed by atoms with van der Waals surface area (Å²) in [5.41, 5.74) is 1.35. The Labute approximate surface area is 85.5 Å². The van der Waals surface area contributed by atoms with Crippen LogP contribution in [-0.2, 0) is 6.42 Å². The van der Waals surface area contributed by atoms with Crippen LogP contribution in [0.2, 0.25) is 0 Å². The molecule has 1 heterocycles. The maximum absolute atomic E-state index is 4.44. The molecule has 2 rings (SSSR count). The zero-order valence-corrected chi connectivity index (χ0v) is 8.87. The topological polar surface area (TPSA) is 29.9 Å². The number of hydrogen-bond donors (Lipinski definition) is 1. The Morgan fingerprint density at radius 3 is 3.00 bits per heavy atom. The summed E-state index contributed by atoms with van der Waals surface area (Å²) in [6.07, 6.45) is 10.7. The maximum atomic E-state index is 4.44. The van der Waals surface area contributed by atoms with Crippen LogP contribution in [0.15, 0.2) is 12.4 Å². The molecular formula is C11H19N3. The summed E-state index contributed by atoms with van der Waals surface area (Å²) in [4.78, 5) is 0. The summed E-state index contributed by atoms with van der Waals surface area (Å²) in [5.74, 6) is 0. The fourth-order valence-electron chi connectivity index (χ4n) is 2.14. The zero-order chi connectivity index (χ0) is 9.80. The molecule has 0 atom stereocenters. The van der Waals surface area contributed by atoms with E-state index in [-0.39, 0.29) is 0 Å². The first kappa shape index (κ1) is 9.71. The van der Waals surface area contributed by atoms with Crippen molar-refractivity contribution >= 4 is 0 Å². The molecule has 1 fully saturated rings. The normalized spacial score (nSPS) is 17.8. The molecule has 3 heteroatoms. The molecule has 3 nitrogen and oxygen atoms in total. The Bertz CT molecular complexity index is 274. The van der Waals surface area contributed by atoms with Crippen molar-refractivity contribution in [1.82, 2.24) is 15.1 Å². The molecule has 0 unspecified atom stereocenters. The number of nitrogens with one attached hydrogen (secondary N) is 1. The summed E-state index contributed by atoms with van der Waals surface area (Å²) >= 11 is 0. The standard InChI is InChI=1S/C11H19N3/c1-12-7-6-10-8-13-14(9-10)11-4-2-3-5-11/h8-9,11-12H,2-7H2,1H3.